The highest BCUT2D eigenvalue weighted by Gasteiger charge is 2.27. The summed E-state index contributed by atoms with van der Waals surface area (Å²) in [5, 5.41) is 0. The lowest BCUT2D eigenvalue weighted by atomic mass is 10.1. The van der Waals surface area contributed by atoms with Crippen LogP contribution >= 0.6 is 15.9 Å². The third kappa shape index (κ3) is 2.72. The van der Waals surface area contributed by atoms with E-state index in [1.807, 2.05) is 0 Å². The second kappa shape index (κ2) is 6.13. The Morgan fingerprint density at radius 1 is 1.25 bits per heavy atom. The Hall–Kier alpha value is -1.76. The number of benzene rings is 1. The fourth-order valence-electron chi connectivity index (χ4n) is 1.85. The number of ether oxygens (including phenoxy) is 4. The molecule has 0 fully saturated rings. The first-order chi connectivity index (χ1) is 9.58. The highest BCUT2D eigenvalue weighted by molar-refractivity contribution is 9.10. The van der Waals surface area contributed by atoms with Crippen molar-refractivity contribution in [3.8, 4) is 17.2 Å². The van der Waals surface area contributed by atoms with Crippen LogP contribution in [0, 0.1) is 0 Å². The molecule has 0 N–H and O–H groups in total. The molecule has 20 heavy (non-hydrogen) atoms. The molecule has 1 aromatic carbocycles. The number of hydrogen-bond donors (Lipinski definition) is 0. The number of hydrogen-bond acceptors (Lipinski definition) is 6. The number of carbonyl (C=O) groups is 2. The van der Waals surface area contributed by atoms with Crippen LogP contribution < -0.4 is 14.2 Å². The minimum absolute atomic E-state index is 0.244. The number of halogens is 1. The Labute approximate surface area is 124 Å². The number of esters is 1. The van der Waals surface area contributed by atoms with Gasteiger partial charge in [-0.25, -0.2) is 0 Å². The van der Waals surface area contributed by atoms with E-state index in [2.05, 4.69) is 20.7 Å². The van der Waals surface area contributed by atoms with E-state index in [9.17, 15) is 9.59 Å². The monoisotopic (exact) mass is 344 g/mol. The summed E-state index contributed by atoms with van der Waals surface area (Å²) in [7, 11) is 2.66. The maximum atomic E-state index is 12.1. The lowest BCUT2D eigenvalue weighted by molar-refractivity contribution is -0.139. The van der Waals surface area contributed by atoms with Gasteiger partial charge in [0.15, 0.2) is 17.3 Å². The van der Waals surface area contributed by atoms with Gasteiger partial charge in [-0.05, 0) is 22.0 Å². The molecule has 0 aromatic heterocycles. The maximum Gasteiger partial charge on any atom is 0.313 e. The fourth-order valence-corrected chi connectivity index (χ4v) is 2.38. The molecule has 7 heteroatoms. The van der Waals surface area contributed by atoms with E-state index >= 15 is 0 Å². The van der Waals surface area contributed by atoms with E-state index in [0.717, 1.165) is 0 Å². The first kappa shape index (κ1) is 14.6. The SMILES string of the molecule is COC(=O)CC(=O)c1cc(Br)c2c(c1OC)OCCO2. The maximum absolute atomic E-state index is 12.1. The van der Waals surface area contributed by atoms with E-state index in [0.29, 0.717) is 29.2 Å². The molecule has 1 heterocycles. The van der Waals surface area contributed by atoms with Crippen LogP contribution in [0.2, 0.25) is 0 Å². The summed E-state index contributed by atoms with van der Waals surface area (Å²) in [6, 6.07) is 1.55. The van der Waals surface area contributed by atoms with Gasteiger partial charge in [-0.3, -0.25) is 9.59 Å². The molecule has 108 valence electrons. The van der Waals surface area contributed by atoms with Crippen molar-refractivity contribution in [2.45, 2.75) is 6.42 Å². The molecular formula is C13H13BrO6. The van der Waals surface area contributed by atoms with Gasteiger partial charge in [0.1, 0.15) is 19.6 Å². The summed E-state index contributed by atoms with van der Waals surface area (Å²) in [6.45, 7) is 0.786. The highest BCUT2D eigenvalue weighted by Crippen LogP contribution is 2.46. The number of ketones is 1. The summed E-state index contributed by atoms with van der Waals surface area (Å²) >= 11 is 3.32. The van der Waals surface area contributed by atoms with Crippen molar-refractivity contribution in [2.75, 3.05) is 27.4 Å². The van der Waals surface area contributed by atoms with E-state index in [1.54, 1.807) is 6.07 Å². The van der Waals surface area contributed by atoms with Crippen LogP contribution in [0.5, 0.6) is 17.2 Å². The number of Topliss-reactive ketones (excluding diaryl/α,β-unsaturated/α-hetero) is 1. The molecule has 0 spiro atoms. The lowest BCUT2D eigenvalue weighted by Crippen LogP contribution is -2.18. The summed E-state index contributed by atoms with van der Waals surface area (Å²) in [4.78, 5) is 23.4. The van der Waals surface area contributed by atoms with Crippen molar-refractivity contribution < 1.29 is 28.5 Å². The zero-order chi connectivity index (χ0) is 14.7. The summed E-state index contributed by atoms with van der Waals surface area (Å²) in [5.41, 5.74) is 0.244. The number of rotatable bonds is 4. The van der Waals surface area contributed by atoms with Crippen LogP contribution in [0.1, 0.15) is 16.8 Å². The van der Waals surface area contributed by atoms with Crippen molar-refractivity contribution in [1.82, 2.24) is 0 Å². The zero-order valence-electron chi connectivity index (χ0n) is 11.0. The van der Waals surface area contributed by atoms with Gasteiger partial charge in [0.25, 0.3) is 0 Å². The molecule has 0 saturated heterocycles. The van der Waals surface area contributed by atoms with Gasteiger partial charge in [-0.15, -0.1) is 0 Å². The van der Waals surface area contributed by atoms with Crippen LogP contribution in [0.15, 0.2) is 10.5 Å². The van der Waals surface area contributed by atoms with E-state index in [1.165, 1.54) is 14.2 Å². The standard InChI is InChI=1S/C13H13BrO6/c1-17-10(16)6-9(15)7-5-8(14)12-13(11(7)18-2)20-4-3-19-12/h5H,3-4,6H2,1-2H3. The summed E-state index contributed by atoms with van der Waals surface area (Å²) in [5.74, 6) is 0.0929. The molecule has 0 radical (unpaired) electrons. The molecule has 6 nitrogen and oxygen atoms in total. The first-order valence-corrected chi connectivity index (χ1v) is 6.64. The van der Waals surface area contributed by atoms with E-state index in [4.69, 9.17) is 14.2 Å². The molecule has 2 rings (SSSR count). The molecule has 1 aliphatic heterocycles. The van der Waals surface area contributed by atoms with Crippen LogP contribution in [0.25, 0.3) is 0 Å². The third-order valence-corrected chi connectivity index (χ3v) is 3.35. The summed E-state index contributed by atoms with van der Waals surface area (Å²) in [6.07, 6.45) is -0.362. The van der Waals surface area contributed by atoms with E-state index in [-0.39, 0.29) is 17.7 Å². The van der Waals surface area contributed by atoms with Gasteiger partial charge in [-0.1, -0.05) is 0 Å². The molecule has 0 saturated carbocycles. The molecular weight excluding hydrogens is 332 g/mol. The Morgan fingerprint density at radius 2 is 1.90 bits per heavy atom. The second-order valence-corrected chi connectivity index (χ2v) is 4.82. The van der Waals surface area contributed by atoms with Crippen LogP contribution in [0.4, 0.5) is 0 Å². The van der Waals surface area contributed by atoms with Gasteiger partial charge in [0.05, 0.1) is 24.3 Å². The predicted molar refractivity (Wildman–Crippen MR) is 72.6 cm³/mol. The van der Waals surface area contributed by atoms with E-state index < -0.39 is 11.8 Å². The van der Waals surface area contributed by atoms with Crippen LogP contribution in [0.3, 0.4) is 0 Å². The Kier molecular flexibility index (Phi) is 4.49. The average molecular weight is 345 g/mol. The van der Waals surface area contributed by atoms with Crippen LogP contribution in [-0.2, 0) is 9.53 Å². The number of methoxy groups -OCH3 is 2. The fraction of sp³-hybridized carbons (Fsp3) is 0.385. The van der Waals surface area contributed by atoms with Gasteiger partial charge >= 0.3 is 5.97 Å². The van der Waals surface area contributed by atoms with Gasteiger partial charge in [0.2, 0.25) is 5.75 Å². The number of carbonyl (C=O) groups excluding carboxylic acids is 2. The minimum atomic E-state index is -0.608. The van der Waals surface area contributed by atoms with Crippen LogP contribution in [-0.4, -0.2) is 39.2 Å². The smallest absolute Gasteiger partial charge is 0.313 e. The molecule has 0 unspecified atom stereocenters. The largest absolute Gasteiger partial charge is 0.492 e. The average Bonchev–Trinajstić information content (AvgIpc) is 2.47. The Morgan fingerprint density at radius 3 is 2.50 bits per heavy atom. The van der Waals surface area contributed by atoms with Gasteiger partial charge in [-0.2, -0.15) is 0 Å². The quantitative estimate of drug-likeness (QED) is 0.472. The third-order valence-electron chi connectivity index (χ3n) is 2.76. The first-order valence-electron chi connectivity index (χ1n) is 5.84. The molecule has 0 bridgehead atoms. The Balaban J connectivity index is 2.45. The molecule has 1 aliphatic rings. The minimum Gasteiger partial charge on any atom is -0.492 e. The second-order valence-electron chi connectivity index (χ2n) is 3.97. The highest BCUT2D eigenvalue weighted by atomic mass is 79.9. The van der Waals surface area contributed by atoms with Gasteiger partial charge < -0.3 is 18.9 Å². The normalized spacial score (nSPS) is 12.8. The van der Waals surface area contributed by atoms with Crippen molar-refractivity contribution in [3.05, 3.63) is 16.1 Å². The predicted octanol–water partition coefficient (Wildman–Crippen LogP) is 1.97. The topological polar surface area (TPSA) is 71.1 Å². The lowest BCUT2D eigenvalue weighted by Gasteiger charge is -2.23. The molecule has 1 aromatic rings. The van der Waals surface area contributed by atoms with Crippen molar-refractivity contribution in [1.29, 1.82) is 0 Å². The molecule has 0 amide bonds. The summed E-state index contributed by atoms with van der Waals surface area (Å²) < 4.78 is 21.3. The Bertz CT molecular complexity index is 554. The van der Waals surface area contributed by atoms with Crippen molar-refractivity contribution >= 4 is 27.7 Å². The number of fused-ring (bicyclic) bond motifs is 1. The van der Waals surface area contributed by atoms with Crippen molar-refractivity contribution in [2.24, 2.45) is 0 Å². The molecule has 0 atom stereocenters. The zero-order valence-corrected chi connectivity index (χ0v) is 12.6. The van der Waals surface area contributed by atoms with Gasteiger partial charge in [0, 0.05) is 0 Å². The van der Waals surface area contributed by atoms with Crippen molar-refractivity contribution in [3.63, 3.8) is 0 Å². The molecule has 0 aliphatic carbocycles.